The lowest BCUT2D eigenvalue weighted by Crippen LogP contribution is -2.39. The molecule has 0 radical (unpaired) electrons. The molecule has 1 aromatic carbocycles. The van der Waals surface area contributed by atoms with Gasteiger partial charge in [0, 0.05) is 18.1 Å². The van der Waals surface area contributed by atoms with E-state index in [0.29, 0.717) is 32.4 Å². The number of pyridine rings is 1. The summed E-state index contributed by atoms with van der Waals surface area (Å²) in [5.41, 5.74) is 0.0406. The number of nitrogens with one attached hydrogen (secondary N) is 1. The minimum absolute atomic E-state index is 0.130. The standard InChI is InChI=1S/C19H21N3O2/c20-14-19(9-1-2-10-19)18(23)22-12-5-13-24-16-8-3-6-15-7-4-11-21-17(15)16/h3-4,6-8,11H,1-2,5,9-10,12-13H2,(H,22,23). The number of amides is 1. The average molecular weight is 323 g/mol. The summed E-state index contributed by atoms with van der Waals surface area (Å²) in [7, 11) is 0. The van der Waals surface area contributed by atoms with E-state index in [0.717, 1.165) is 29.5 Å². The zero-order valence-electron chi connectivity index (χ0n) is 13.6. The van der Waals surface area contributed by atoms with E-state index in [-0.39, 0.29) is 5.91 Å². The van der Waals surface area contributed by atoms with Crippen LogP contribution in [0, 0.1) is 16.7 Å². The highest BCUT2D eigenvalue weighted by Crippen LogP contribution is 2.37. The summed E-state index contributed by atoms with van der Waals surface area (Å²) in [6.45, 7) is 1.01. The molecule has 1 aliphatic rings. The first-order chi connectivity index (χ1) is 11.7. The molecule has 1 aliphatic carbocycles. The van der Waals surface area contributed by atoms with Crippen molar-refractivity contribution >= 4 is 16.8 Å². The van der Waals surface area contributed by atoms with E-state index in [2.05, 4.69) is 16.4 Å². The van der Waals surface area contributed by atoms with Gasteiger partial charge >= 0.3 is 0 Å². The van der Waals surface area contributed by atoms with Crippen LogP contribution in [-0.2, 0) is 4.79 Å². The number of ether oxygens (including phenoxy) is 1. The second-order valence-corrected chi connectivity index (χ2v) is 6.19. The van der Waals surface area contributed by atoms with Crippen LogP contribution in [0.2, 0.25) is 0 Å². The van der Waals surface area contributed by atoms with Gasteiger partial charge in [-0.2, -0.15) is 5.26 Å². The molecule has 24 heavy (non-hydrogen) atoms. The van der Waals surface area contributed by atoms with Crippen molar-refractivity contribution in [2.24, 2.45) is 5.41 Å². The van der Waals surface area contributed by atoms with Crippen molar-refractivity contribution in [2.75, 3.05) is 13.2 Å². The lowest BCUT2D eigenvalue weighted by atomic mass is 9.87. The number of benzene rings is 1. The van der Waals surface area contributed by atoms with Crippen molar-refractivity contribution in [1.29, 1.82) is 5.26 Å². The number of nitrogens with zero attached hydrogens (tertiary/aromatic N) is 2. The molecular weight excluding hydrogens is 302 g/mol. The van der Waals surface area contributed by atoms with Crippen molar-refractivity contribution in [1.82, 2.24) is 10.3 Å². The second kappa shape index (κ2) is 7.31. The van der Waals surface area contributed by atoms with Gasteiger partial charge in [0.1, 0.15) is 16.7 Å². The molecule has 2 aromatic rings. The summed E-state index contributed by atoms with van der Waals surface area (Å²) in [6, 6.07) is 12.0. The lowest BCUT2D eigenvalue weighted by molar-refractivity contribution is -0.127. The highest BCUT2D eigenvalue weighted by Gasteiger charge is 2.41. The molecule has 0 aliphatic heterocycles. The van der Waals surface area contributed by atoms with Gasteiger partial charge in [-0.15, -0.1) is 0 Å². The van der Waals surface area contributed by atoms with Crippen LogP contribution >= 0.6 is 0 Å². The molecule has 1 N–H and O–H groups in total. The van der Waals surface area contributed by atoms with Crippen LogP contribution in [0.1, 0.15) is 32.1 Å². The molecule has 1 fully saturated rings. The van der Waals surface area contributed by atoms with Crippen LogP contribution < -0.4 is 10.1 Å². The Hall–Kier alpha value is -2.61. The fourth-order valence-corrected chi connectivity index (χ4v) is 3.19. The number of hydrogen-bond donors (Lipinski definition) is 1. The van der Waals surface area contributed by atoms with E-state index in [4.69, 9.17) is 4.74 Å². The zero-order valence-corrected chi connectivity index (χ0v) is 13.6. The predicted molar refractivity (Wildman–Crippen MR) is 91.4 cm³/mol. The van der Waals surface area contributed by atoms with E-state index in [1.54, 1.807) is 6.20 Å². The van der Waals surface area contributed by atoms with E-state index in [9.17, 15) is 10.1 Å². The second-order valence-electron chi connectivity index (χ2n) is 6.19. The summed E-state index contributed by atoms with van der Waals surface area (Å²) in [5.74, 6) is 0.623. The summed E-state index contributed by atoms with van der Waals surface area (Å²) >= 11 is 0. The molecular formula is C19H21N3O2. The van der Waals surface area contributed by atoms with Crippen molar-refractivity contribution in [3.63, 3.8) is 0 Å². The molecule has 1 heterocycles. The molecule has 0 saturated heterocycles. The maximum atomic E-state index is 12.2. The van der Waals surface area contributed by atoms with Crippen LogP contribution in [0.3, 0.4) is 0 Å². The largest absolute Gasteiger partial charge is 0.491 e. The minimum Gasteiger partial charge on any atom is -0.491 e. The number of hydrogen-bond acceptors (Lipinski definition) is 4. The van der Waals surface area contributed by atoms with Crippen molar-refractivity contribution in [3.8, 4) is 11.8 Å². The zero-order chi connectivity index (χ0) is 16.8. The van der Waals surface area contributed by atoms with Gasteiger partial charge < -0.3 is 10.1 Å². The first kappa shape index (κ1) is 16.3. The van der Waals surface area contributed by atoms with Gasteiger partial charge in [-0.1, -0.05) is 31.0 Å². The van der Waals surface area contributed by atoms with Crippen LogP contribution in [0.15, 0.2) is 36.5 Å². The van der Waals surface area contributed by atoms with Crippen LogP contribution in [0.4, 0.5) is 0 Å². The Morgan fingerprint density at radius 2 is 2.08 bits per heavy atom. The first-order valence-corrected chi connectivity index (χ1v) is 8.41. The Kier molecular flexibility index (Phi) is 4.95. The van der Waals surface area contributed by atoms with Gasteiger partial charge in [-0.25, -0.2) is 0 Å². The number of carbonyl (C=O) groups is 1. The maximum Gasteiger partial charge on any atom is 0.240 e. The Morgan fingerprint density at radius 1 is 1.29 bits per heavy atom. The summed E-state index contributed by atoms with van der Waals surface area (Å²) < 4.78 is 5.80. The van der Waals surface area contributed by atoms with Gasteiger partial charge in [0.15, 0.2) is 0 Å². The SMILES string of the molecule is N#CC1(C(=O)NCCCOc2cccc3cccnc23)CCCC1. The molecule has 0 unspecified atom stereocenters. The fraction of sp³-hybridized carbons (Fsp3) is 0.421. The van der Waals surface area contributed by atoms with E-state index in [1.165, 1.54) is 0 Å². The van der Waals surface area contributed by atoms with Crippen molar-refractivity contribution < 1.29 is 9.53 Å². The van der Waals surface area contributed by atoms with Crippen LogP contribution in [0.5, 0.6) is 5.75 Å². The molecule has 0 atom stereocenters. The Bertz CT molecular complexity index is 755. The molecule has 0 bridgehead atoms. The van der Waals surface area contributed by atoms with Gasteiger partial charge in [0.05, 0.1) is 12.7 Å². The molecule has 0 spiro atoms. The third-order valence-electron chi connectivity index (χ3n) is 4.57. The number of fused-ring (bicyclic) bond motifs is 1. The molecule has 3 rings (SSSR count). The van der Waals surface area contributed by atoms with E-state index in [1.807, 2.05) is 30.3 Å². The van der Waals surface area contributed by atoms with E-state index < -0.39 is 5.41 Å². The van der Waals surface area contributed by atoms with Crippen molar-refractivity contribution in [2.45, 2.75) is 32.1 Å². The number of carbonyl (C=O) groups excluding carboxylic acids is 1. The topological polar surface area (TPSA) is 75.0 Å². The monoisotopic (exact) mass is 323 g/mol. The third kappa shape index (κ3) is 3.33. The fourth-order valence-electron chi connectivity index (χ4n) is 3.19. The predicted octanol–water partition coefficient (Wildman–Crippen LogP) is 3.20. The quantitative estimate of drug-likeness (QED) is 0.828. The molecule has 5 nitrogen and oxygen atoms in total. The average Bonchev–Trinajstić information content (AvgIpc) is 3.12. The van der Waals surface area contributed by atoms with Crippen molar-refractivity contribution in [3.05, 3.63) is 36.5 Å². The summed E-state index contributed by atoms with van der Waals surface area (Å²) in [6.07, 6.45) is 5.70. The number of para-hydroxylation sites is 1. The molecule has 1 amide bonds. The van der Waals surface area contributed by atoms with Gasteiger partial charge in [-0.3, -0.25) is 9.78 Å². The lowest BCUT2D eigenvalue weighted by Gasteiger charge is -2.19. The Balaban J connectivity index is 1.47. The number of nitriles is 1. The normalized spacial score (nSPS) is 15.8. The van der Waals surface area contributed by atoms with Gasteiger partial charge in [0.2, 0.25) is 5.91 Å². The Morgan fingerprint density at radius 3 is 2.88 bits per heavy atom. The van der Waals surface area contributed by atoms with Gasteiger partial charge in [0.25, 0.3) is 0 Å². The highest BCUT2D eigenvalue weighted by molar-refractivity contribution is 5.85. The van der Waals surface area contributed by atoms with Crippen LogP contribution in [-0.4, -0.2) is 24.0 Å². The minimum atomic E-state index is -0.805. The molecule has 5 heteroatoms. The smallest absolute Gasteiger partial charge is 0.240 e. The number of aromatic nitrogens is 1. The first-order valence-electron chi connectivity index (χ1n) is 8.41. The highest BCUT2D eigenvalue weighted by atomic mass is 16.5. The summed E-state index contributed by atoms with van der Waals surface area (Å²) in [4.78, 5) is 16.6. The summed E-state index contributed by atoms with van der Waals surface area (Å²) in [5, 5.41) is 13.2. The van der Waals surface area contributed by atoms with Gasteiger partial charge in [-0.05, 0) is 31.4 Å². The maximum absolute atomic E-state index is 12.2. The number of rotatable bonds is 6. The third-order valence-corrected chi connectivity index (χ3v) is 4.57. The molecule has 124 valence electrons. The van der Waals surface area contributed by atoms with E-state index >= 15 is 0 Å². The Labute approximate surface area is 141 Å². The van der Waals surface area contributed by atoms with Crippen LogP contribution in [0.25, 0.3) is 10.9 Å². The molecule has 1 aromatic heterocycles. The molecule has 1 saturated carbocycles.